The molecule has 1 amide bonds. The fourth-order valence-corrected chi connectivity index (χ4v) is 3.11. The number of halogens is 1. The number of aliphatic hydroxyl groups is 3. The quantitative estimate of drug-likeness (QED) is 0.316. The van der Waals surface area contributed by atoms with Gasteiger partial charge in [0, 0.05) is 31.4 Å². The molecule has 11 heteroatoms. The van der Waals surface area contributed by atoms with Gasteiger partial charge in [0.05, 0.1) is 30.5 Å². The molecule has 0 bridgehead atoms. The lowest BCUT2D eigenvalue weighted by Gasteiger charge is -2.17. The second kappa shape index (κ2) is 10.3. The molecule has 3 rings (SSSR count). The molecule has 0 unspecified atom stereocenters. The highest BCUT2D eigenvalue weighted by Gasteiger charge is 2.24. The van der Waals surface area contributed by atoms with Gasteiger partial charge in [-0.1, -0.05) is 23.7 Å². The number of ether oxygens (including phenoxy) is 1. The van der Waals surface area contributed by atoms with E-state index in [1.807, 2.05) is 0 Å². The molecular formula is C20H23ClN4O6. The van der Waals surface area contributed by atoms with Crippen molar-refractivity contribution in [2.45, 2.75) is 25.1 Å². The first-order valence-corrected chi connectivity index (χ1v) is 9.86. The van der Waals surface area contributed by atoms with Gasteiger partial charge in [-0.2, -0.15) is 5.10 Å². The number of nitrogens with zero attached hydrogens (tertiary/aromatic N) is 3. The van der Waals surface area contributed by atoms with Crippen molar-refractivity contribution in [1.29, 1.82) is 0 Å². The summed E-state index contributed by atoms with van der Waals surface area (Å²) in [5, 5.41) is 45.3. The van der Waals surface area contributed by atoms with E-state index in [0.29, 0.717) is 10.8 Å². The lowest BCUT2D eigenvalue weighted by Crippen LogP contribution is -2.27. The van der Waals surface area contributed by atoms with E-state index in [1.165, 1.54) is 33.8 Å². The van der Waals surface area contributed by atoms with E-state index in [9.17, 15) is 20.1 Å². The maximum absolute atomic E-state index is 12.8. The lowest BCUT2D eigenvalue weighted by molar-refractivity contribution is -0.119. The van der Waals surface area contributed by atoms with Crippen LogP contribution in [0.1, 0.15) is 12.5 Å². The van der Waals surface area contributed by atoms with Gasteiger partial charge in [-0.15, -0.1) is 0 Å². The first-order chi connectivity index (χ1) is 14.9. The molecule has 2 aromatic heterocycles. The molecule has 10 nitrogen and oxygen atoms in total. The van der Waals surface area contributed by atoms with Gasteiger partial charge in [0.2, 0.25) is 5.91 Å². The largest absolute Gasteiger partial charge is 0.494 e. The Morgan fingerprint density at radius 1 is 1.26 bits per heavy atom. The van der Waals surface area contributed by atoms with Crippen molar-refractivity contribution < 1.29 is 30.0 Å². The molecular weight excluding hydrogens is 428 g/mol. The van der Waals surface area contributed by atoms with Gasteiger partial charge in [0.25, 0.3) is 0 Å². The molecule has 0 aliphatic rings. The minimum absolute atomic E-state index is 0.0313. The minimum Gasteiger partial charge on any atom is -0.494 e. The monoisotopic (exact) mass is 450 g/mol. The normalized spacial score (nSPS) is 13.0. The van der Waals surface area contributed by atoms with E-state index >= 15 is 0 Å². The van der Waals surface area contributed by atoms with Crippen LogP contribution in [0.5, 0.6) is 17.4 Å². The number of para-hydroxylation sites is 1. The lowest BCUT2D eigenvalue weighted by atomic mass is 10.2. The zero-order valence-electron chi connectivity index (χ0n) is 16.4. The van der Waals surface area contributed by atoms with Crippen LogP contribution in [-0.2, 0) is 11.3 Å². The highest BCUT2D eigenvalue weighted by Crippen LogP contribution is 2.34. The summed E-state index contributed by atoms with van der Waals surface area (Å²) in [4.78, 5) is 12.8. The summed E-state index contributed by atoms with van der Waals surface area (Å²) >= 11 is 6.09. The van der Waals surface area contributed by atoms with E-state index in [0.717, 1.165) is 0 Å². The smallest absolute Gasteiger partial charge is 0.248 e. The SMILES string of the molecule is O=C(Nc1ccn(C[C@@H](O)CO)n1)[C@H](CCO)n1cc(Oc2ccccc2Cl)cc1O. The van der Waals surface area contributed by atoms with Gasteiger partial charge < -0.3 is 35.0 Å². The number of hydrogen-bond donors (Lipinski definition) is 5. The van der Waals surface area contributed by atoms with Crippen molar-refractivity contribution in [2.24, 2.45) is 0 Å². The summed E-state index contributed by atoms with van der Waals surface area (Å²) in [6.07, 6.45) is 2.04. The Morgan fingerprint density at radius 3 is 2.74 bits per heavy atom. The molecule has 0 saturated carbocycles. The predicted octanol–water partition coefficient (Wildman–Crippen LogP) is 1.75. The molecule has 0 fully saturated rings. The van der Waals surface area contributed by atoms with Gasteiger partial charge in [0.15, 0.2) is 11.7 Å². The Kier molecular flexibility index (Phi) is 7.53. The number of aromatic nitrogens is 3. The molecule has 1 aromatic carbocycles. The highest BCUT2D eigenvalue weighted by atomic mass is 35.5. The molecule has 2 atom stereocenters. The topological polar surface area (TPSA) is 142 Å². The summed E-state index contributed by atoms with van der Waals surface area (Å²) in [7, 11) is 0. The van der Waals surface area contributed by atoms with Crippen LogP contribution in [0.2, 0.25) is 5.02 Å². The molecule has 0 spiro atoms. The molecule has 2 heterocycles. The minimum atomic E-state index is -0.973. The summed E-state index contributed by atoms with van der Waals surface area (Å²) in [6, 6.07) is 8.75. The Labute approximate surface area is 182 Å². The second-order valence-electron chi connectivity index (χ2n) is 6.75. The van der Waals surface area contributed by atoms with Gasteiger partial charge >= 0.3 is 0 Å². The fraction of sp³-hybridized carbons (Fsp3) is 0.300. The molecule has 0 radical (unpaired) electrons. The number of anilines is 1. The number of hydrogen-bond acceptors (Lipinski definition) is 7. The second-order valence-corrected chi connectivity index (χ2v) is 7.16. The van der Waals surface area contributed by atoms with Crippen molar-refractivity contribution in [3.63, 3.8) is 0 Å². The molecule has 3 aromatic rings. The first kappa shape index (κ1) is 22.6. The van der Waals surface area contributed by atoms with Gasteiger partial charge in [-0.05, 0) is 12.1 Å². The zero-order valence-corrected chi connectivity index (χ0v) is 17.2. The van der Waals surface area contributed by atoms with Crippen LogP contribution >= 0.6 is 11.6 Å². The van der Waals surface area contributed by atoms with E-state index < -0.39 is 24.7 Å². The molecule has 5 N–H and O–H groups in total. The Hall–Kier alpha value is -3.05. The molecule has 0 aliphatic heterocycles. The third-order valence-corrected chi connectivity index (χ3v) is 4.72. The number of nitrogens with one attached hydrogen (secondary N) is 1. The van der Waals surface area contributed by atoms with E-state index in [-0.39, 0.29) is 37.0 Å². The van der Waals surface area contributed by atoms with E-state index in [4.69, 9.17) is 21.4 Å². The number of carbonyl (C=O) groups excluding carboxylic acids is 1. The van der Waals surface area contributed by atoms with Gasteiger partial charge in [0.1, 0.15) is 17.5 Å². The van der Waals surface area contributed by atoms with Crippen LogP contribution in [0.15, 0.2) is 48.8 Å². The van der Waals surface area contributed by atoms with Crippen LogP contribution in [0.3, 0.4) is 0 Å². The van der Waals surface area contributed by atoms with Crippen molar-refractivity contribution in [2.75, 3.05) is 18.5 Å². The van der Waals surface area contributed by atoms with Crippen LogP contribution in [-0.4, -0.2) is 60.0 Å². The Morgan fingerprint density at radius 2 is 2.03 bits per heavy atom. The number of rotatable bonds is 10. The Balaban J connectivity index is 1.75. The maximum atomic E-state index is 12.8. The van der Waals surface area contributed by atoms with E-state index in [2.05, 4.69) is 10.4 Å². The summed E-state index contributed by atoms with van der Waals surface area (Å²) in [6.45, 7) is -0.646. The number of amides is 1. The number of benzene rings is 1. The van der Waals surface area contributed by atoms with Gasteiger partial charge in [-0.3, -0.25) is 9.48 Å². The van der Waals surface area contributed by atoms with Crippen LogP contribution in [0.25, 0.3) is 0 Å². The van der Waals surface area contributed by atoms with Crippen molar-refractivity contribution in [3.8, 4) is 17.4 Å². The average Bonchev–Trinajstić information content (AvgIpc) is 3.33. The predicted molar refractivity (Wildman–Crippen MR) is 112 cm³/mol. The fourth-order valence-electron chi connectivity index (χ4n) is 2.93. The summed E-state index contributed by atoms with van der Waals surface area (Å²) < 4.78 is 8.34. The number of aromatic hydroxyl groups is 1. The average molecular weight is 451 g/mol. The molecule has 0 aliphatic carbocycles. The number of carbonyl (C=O) groups is 1. The first-order valence-electron chi connectivity index (χ1n) is 9.48. The van der Waals surface area contributed by atoms with Crippen LogP contribution < -0.4 is 10.1 Å². The van der Waals surface area contributed by atoms with Crippen molar-refractivity contribution in [1.82, 2.24) is 14.3 Å². The van der Waals surface area contributed by atoms with Crippen molar-refractivity contribution in [3.05, 3.63) is 53.8 Å². The third kappa shape index (κ3) is 5.76. The summed E-state index contributed by atoms with van der Waals surface area (Å²) in [5.74, 6) is 0.130. The highest BCUT2D eigenvalue weighted by molar-refractivity contribution is 6.32. The van der Waals surface area contributed by atoms with Crippen molar-refractivity contribution >= 4 is 23.3 Å². The summed E-state index contributed by atoms with van der Waals surface area (Å²) in [5.41, 5.74) is 0. The molecule has 166 valence electrons. The molecule has 0 saturated heterocycles. The van der Waals surface area contributed by atoms with Gasteiger partial charge in [-0.25, -0.2) is 0 Å². The zero-order chi connectivity index (χ0) is 22.4. The standard InChI is InChI=1S/C20H23ClN4O6/c21-15-3-1-2-4-17(15)31-14-9-19(29)25(11-14)16(6-8-26)20(30)22-18-5-7-24(23-18)10-13(28)12-27/h1-5,7,9,11,13,16,26-29H,6,8,10,12H2,(H,22,23,30)/t13-,16+/m1/s1. The van der Waals surface area contributed by atoms with Crippen LogP contribution in [0.4, 0.5) is 5.82 Å². The number of aliphatic hydroxyl groups excluding tert-OH is 3. The van der Waals surface area contributed by atoms with E-state index in [1.54, 1.807) is 24.3 Å². The molecule has 31 heavy (non-hydrogen) atoms. The Bertz CT molecular complexity index is 1020. The van der Waals surface area contributed by atoms with Crippen LogP contribution in [0, 0.1) is 0 Å². The maximum Gasteiger partial charge on any atom is 0.248 e. The third-order valence-electron chi connectivity index (χ3n) is 4.41.